The number of benzene rings is 1. The van der Waals surface area contributed by atoms with Crippen molar-refractivity contribution in [3.63, 3.8) is 0 Å². The molecule has 1 fully saturated rings. The lowest BCUT2D eigenvalue weighted by atomic mass is 9.83. The number of phenols is 1. The summed E-state index contributed by atoms with van der Waals surface area (Å²) >= 11 is 7.76. The Morgan fingerprint density at radius 2 is 2.15 bits per heavy atom. The summed E-state index contributed by atoms with van der Waals surface area (Å²) in [7, 11) is 0. The van der Waals surface area contributed by atoms with E-state index in [0.29, 0.717) is 5.56 Å². The van der Waals surface area contributed by atoms with E-state index in [-0.39, 0.29) is 16.2 Å². The molecule has 138 valence electrons. The van der Waals surface area contributed by atoms with E-state index in [9.17, 15) is 10.2 Å². The van der Waals surface area contributed by atoms with Crippen molar-refractivity contribution in [3.8, 4) is 5.75 Å². The second-order valence-corrected chi connectivity index (χ2v) is 8.74. The predicted molar refractivity (Wildman–Crippen MR) is 103 cm³/mol. The van der Waals surface area contributed by atoms with Crippen LogP contribution in [0.25, 0.3) is 4.83 Å². The molecule has 9 heteroatoms. The molecular weight excluding hydrogens is 386 g/mol. The van der Waals surface area contributed by atoms with Crippen molar-refractivity contribution in [2.24, 2.45) is 15.4 Å². The Labute approximate surface area is 163 Å². The van der Waals surface area contributed by atoms with Gasteiger partial charge in [0.15, 0.2) is 5.54 Å². The van der Waals surface area contributed by atoms with Gasteiger partial charge in [0, 0.05) is 10.3 Å². The maximum atomic E-state index is 11.6. The predicted octanol–water partition coefficient (Wildman–Crippen LogP) is 4.19. The average Bonchev–Trinajstić information content (AvgIpc) is 3.06. The van der Waals surface area contributed by atoms with Crippen LogP contribution in [0.1, 0.15) is 42.0 Å². The number of phenolic OH excluding ortho intramolecular Hbond substituents is 1. The Morgan fingerprint density at radius 1 is 1.33 bits per heavy atom. The normalized spacial score (nSPS) is 24.0. The van der Waals surface area contributed by atoms with E-state index in [1.54, 1.807) is 36.0 Å². The zero-order chi connectivity index (χ0) is 18.8. The molecule has 3 aromatic rings. The van der Waals surface area contributed by atoms with Crippen LogP contribution in [0.15, 0.2) is 46.2 Å². The summed E-state index contributed by atoms with van der Waals surface area (Å²) in [4.78, 5) is 6.32. The van der Waals surface area contributed by atoms with Crippen LogP contribution >= 0.6 is 22.9 Å². The molecule has 0 bridgehead atoms. The number of aliphatic hydroxyl groups excluding tert-OH is 1. The third-order valence-electron chi connectivity index (χ3n) is 5.45. The molecular formula is C18H16ClN5O2S. The molecule has 5 rings (SSSR count). The smallest absolute Gasteiger partial charge is 0.177 e. The lowest BCUT2D eigenvalue weighted by Gasteiger charge is -2.29. The van der Waals surface area contributed by atoms with Crippen LogP contribution in [0.2, 0.25) is 5.02 Å². The Morgan fingerprint density at radius 3 is 2.81 bits per heavy atom. The van der Waals surface area contributed by atoms with Gasteiger partial charge in [-0.05, 0) is 35.8 Å². The highest BCUT2D eigenvalue weighted by molar-refractivity contribution is 7.17. The van der Waals surface area contributed by atoms with Crippen molar-refractivity contribution in [1.29, 1.82) is 0 Å². The Hall–Kier alpha value is -2.29. The maximum absolute atomic E-state index is 11.6. The fourth-order valence-electron chi connectivity index (χ4n) is 3.53. The third-order valence-corrected chi connectivity index (χ3v) is 7.17. The number of halogens is 1. The third kappa shape index (κ3) is 2.37. The van der Waals surface area contributed by atoms with Crippen molar-refractivity contribution < 1.29 is 10.2 Å². The van der Waals surface area contributed by atoms with Crippen molar-refractivity contribution in [2.45, 2.75) is 36.8 Å². The maximum Gasteiger partial charge on any atom is 0.177 e. The summed E-state index contributed by atoms with van der Waals surface area (Å²) in [6.07, 6.45) is 6.16. The van der Waals surface area contributed by atoms with Crippen LogP contribution < -0.4 is 0 Å². The first-order valence-corrected chi connectivity index (χ1v) is 9.73. The quantitative estimate of drug-likeness (QED) is 0.686. The molecule has 0 amide bonds. The van der Waals surface area contributed by atoms with E-state index in [2.05, 4.69) is 27.3 Å². The zero-order valence-corrected chi connectivity index (χ0v) is 15.9. The monoisotopic (exact) mass is 401 g/mol. The summed E-state index contributed by atoms with van der Waals surface area (Å²) in [5.41, 5.74) is 0.203. The number of nitrogens with zero attached hydrogens (tertiary/aromatic N) is 5. The Kier molecular flexibility index (Phi) is 3.50. The van der Waals surface area contributed by atoms with Gasteiger partial charge in [0.05, 0.1) is 23.1 Å². The van der Waals surface area contributed by atoms with Gasteiger partial charge in [-0.2, -0.15) is 0 Å². The molecule has 7 nitrogen and oxygen atoms in total. The number of fused-ring (bicyclic) bond motifs is 1. The number of hydrogen-bond donors (Lipinski definition) is 2. The summed E-state index contributed by atoms with van der Waals surface area (Å²) in [5.74, 6) is -0.0318. The minimum atomic E-state index is -1.21. The van der Waals surface area contributed by atoms with E-state index in [1.165, 1.54) is 12.3 Å². The summed E-state index contributed by atoms with van der Waals surface area (Å²) < 4.78 is 1.92. The SMILES string of the molecule is CC1(c2sc3cncn3c2C(O)C2(c3ccc(O)c(Cl)c3)C=NN=N2)CC1. The molecule has 1 aliphatic carbocycles. The van der Waals surface area contributed by atoms with Crippen LogP contribution in [0.4, 0.5) is 0 Å². The summed E-state index contributed by atoms with van der Waals surface area (Å²) in [6, 6.07) is 4.75. The summed E-state index contributed by atoms with van der Waals surface area (Å²) in [5, 5.41) is 33.5. The first-order valence-electron chi connectivity index (χ1n) is 8.53. The lowest BCUT2D eigenvalue weighted by Crippen LogP contribution is -2.33. The van der Waals surface area contributed by atoms with E-state index >= 15 is 0 Å². The minimum absolute atomic E-state index is 0.0318. The van der Waals surface area contributed by atoms with Gasteiger partial charge in [0.25, 0.3) is 0 Å². The number of hydrogen-bond acceptors (Lipinski definition) is 7. The minimum Gasteiger partial charge on any atom is -0.506 e. The molecule has 2 N–H and O–H groups in total. The summed E-state index contributed by atoms with van der Waals surface area (Å²) in [6.45, 7) is 2.20. The Bertz CT molecular complexity index is 1100. The number of aromatic nitrogens is 2. The van der Waals surface area contributed by atoms with Gasteiger partial charge in [-0.25, -0.2) is 4.98 Å². The fraction of sp³-hybridized carbons (Fsp3) is 0.333. The molecule has 2 aliphatic rings. The van der Waals surface area contributed by atoms with Gasteiger partial charge in [0.2, 0.25) is 0 Å². The van der Waals surface area contributed by atoms with Gasteiger partial charge >= 0.3 is 0 Å². The van der Waals surface area contributed by atoms with Crippen molar-refractivity contribution in [2.75, 3.05) is 0 Å². The molecule has 2 aromatic heterocycles. The van der Waals surface area contributed by atoms with Gasteiger partial charge in [-0.15, -0.1) is 21.6 Å². The number of aromatic hydroxyl groups is 1. The van der Waals surface area contributed by atoms with E-state index in [0.717, 1.165) is 28.2 Å². The zero-order valence-electron chi connectivity index (χ0n) is 14.4. The standard InChI is InChI=1S/C18H16ClN5O2S/c1-17(4-5-17)16-14(24-9-20-7-13(24)27-16)15(26)18(8-21-23-22-18)10-2-3-12(25)11(19)6-10/h2-3,6-9,15,25-26H,4-5H2,1H3. The van der Waals surface area contributed by atoms with Gasteiger partial charge in [0.1, 0.15) is 23.0 Å². The number of aliphatic hydroxyl groups is 1. The van der Waals surface area contributed by atoms with Crippen LogP contribution in [-0.2, 0) is 11.0 Å². The average molecular weight is 402 g/mol. The topological polar surface area (TPSA) is 94.8 Å². The highest BCUT2D eigenvalue weighted by Crippen LogP contribution is 2.55. The molecule has 2 unspecified atom stereocenters. The largest absolute Gasteiger partial charge is 0.506 e. The molecule has 1 saturated carbocycles. The van der Waals surface area contributed by atoms with Crippen molar-refractivity contribution in [1.82, 2.24) is 9.38 Å². The van der Waals surface area contributed by atoms with Crippen LogP contribution in [-0.4, -0.2) is 25.8 Å². The van der Waals surface area contributed by atoms with Crippen LogP contribution in [0.3, 0.4) is 0 Å². The van der Waals surface area contributed by atoms with Gasteiger partial charge < -0.3 is 10.2 Å². The molecule has 3 heterocycles. The van der Waals surface area contributed by atoms with Gasteiger partial charge in [-0.1, -0.05) is 24.6 Å². The van der Waals surface area contributed by atoms with E-state index in [4.69, 9.17) is 11.6 Å². The second kappa shape index (κ2) is 5.60. The fourth-order valence-corrected chi connectivity index (χ4v) is 5.04. The van der Waals surface area contributed by atoms with Crippen molar-refractivity contribution in [3.05, 3.63) is 51.9 Å². The molecule has 27 heavy (non-hydrogen) atoms. The lowest BCUT2D eigenvalue weighted by molar-refractivity contribution is 0.115. The van der Waals surface area contributed by atoms with Crippen LogP contribution in [0.5, 0.6) is 5.75 Å². The molecule has 0 saturated heterocycles. The molecule has 1 aliphatic heterocycles. The molecule has 2 atom stereocenters. The molecule has 1 aromatic carbocycles. The second-order valence-electron chi connectivity index (χ2n) is 7.31. The molecule has 0 radical (unpaired) electrons. The number of rotatable bonds is 4. The van der Waals surface area contributed by atoms with E-state index < -0.39 is 11.6 Å². The number of imidazole rings is 1. The molecule has 0 spiro atoms. The highest BCUT2D eigenvalue weighted by atomic mass is 35.5. The first kappa shape index (κ1) is 16.9. The van der Waals surface area contributed by atoms with Crippen LogP contribution in [0, 0.1) is 0 Å². The van der Waals surface area contributed by atoms with E-state index in [1.807, 2.05) is 4.40 Å². The van der Waals surface area contributed by atoms with Crippen molar-refractivity contribution >= 4 is 34.0 Å². The highest BCUT2D eigenvalue weighted by Gasteiger charge is 2.49. The first-order chi connectivity index (χ1) is 12.9. The number of thiazole rings is 1. The van der Waals surface area contributed by atoms with Gasteiger partial charge in [-0.3, -0.25) is 4.40 Å². The Balaban J connectivity index is 1.72.